The number of halogens is 1. The molecule has 0 aliphatic carbocycles. The average Bonchev–Trinajstić information content (AvgIpc) is 2.04. The molecule has 0 aromatic carbocycles. The zero-order valence-corrected chi connectivity index (χ0v) is 7.59. The van der Waals surface area contributed by atoms with Gasteiger partial charge in [0.1, 0.15) is 5.15 Å². The van der Waals surface area contributed by atoms with Gasteiger partial charge in [-0.15, -0.1) is 0 Å². The highest BCUT2D eigenvalue weighted by Crippen LogP contribution is 2.05. The number of carbonyl (C=O) groups is 1. The number of nitrogens with zero attached hydrogens (tertiary/aromatic N) is 2. The second-order valence-electron chi connectivity index (χ2n) is 2.06. The van der Waals surface area contributed by atoms with E-state index in [9.17, 15) is 4.79 Å². The highest BCUT2D eigenvalue weighted by molar-refractivity contribution is 6.29. The third-order valence-electron chi connectivity index (χ3n) is 1.09. The van der Waals surface area contributed by atoms with Crippen molar-refractivity contribution in [3.8, 4) is 11.8 Å². The summed E-state index contributed by atoms with van der Waals surface area (Å²) < 4.78 is 0. The summed E-state index contributed by atoms with van der Waals surface area (Å²) in [5.41, 5.74) is 0. The van der Waals surface area contributed by atoms with Gasteiger partial charge in [0.05, 0.1) is 12.4 Å². The molecule has 1 N–H and O–H groups in total. The molecule has 1 rings (SSSR count). The smallest absolute Gasteiger partial charge is 0.298 e. The molecule has 0 aliphatic heterocycles. The number of carbonyl (C=O) groups excluding carboxylic acids is 1. The van der Waals surface area contributed by atoms with Gasteiger partial charge in [0.25, 0.3) is 0 Å². The average molecular weight is 196 g/mol. The third kappa shape index (κ3) is 3.09. The lowest BCUT2D eigenvalue weighted by Crippen LogP contribution is -2.09. The Hall–Kier alpha value is -1.60. The molecule has 5 heteroatoms. The van der Waals surface area contributed by atoms with E-state index in [1.165, 1.54) is 12.4 Å². The van der Waals surface area contributed by atoms with Crippen molar-refractivity contribution in [2.75, 3.05) is 5.32 Å². The van der Waals surface area contributed by atoms with E-state index in [1.807, 2.05) is 0 Å². The van der Waals surface area contributed by atoms with Crippen molar-refractivity contribution < 1.29 is 4.79 Å². The van der Waals surface area contributed by atoms with Crippen molar-refractivity contribution in [3.63, 3.8) is 0 Å². The van der Waals surface area contributed by atoms with E-state index in [0.717, 1.165) is 0 Å². The topological polar surface area (TPSA) is 54.9 Å². The van der Waals surface area contributed by atoms with Gasteiger partial charge in [0.15, 0.2) is 5.82 Å². The van der Waals surface area contributed by atoms with Crippen molar-refractivity contribution in [2.45, 2.75) is 6.92 Å². The van der Waals surface area contributed by atoms with Crippen LogP contribution in [0.3, 0.4) is 0 Å². The molecule has 0 spiro atoms. The Morgan fingerprint density at radius 1 is 1.62 bits per heavy atom. The first-order valence-electron chi connectivity index (χ1n) is 3.43. The number of hydrogen-bond donors (Lipinski definition) is 1. The minimum atomic E-state index is -0.431. The number of hydrogen-bond acceptors (Lipinski definition) is 3. The predicted octanol–water partition coefficient (Wildman–Crippen LogP) is 1.09. The first-order chi connectivity index (χ1) is 6.22. The molecule has 1 amide bonds. The van der Waals surface area contributed by atoms with Crippen LogP contribution in [0.4, 0.5) is 5.82 Å². The Morgan fingerprint density at radius 2 is 2.38 bits per heavy atom. The lowest BCUT2D eigenvalue weighted by molar-refractivity contribution is -0.111. The summed E-state index contributed by atoms with van der Waals surface area (Å²) in [6.45, 7) is 1.57. The highest BCUT2D eigenvalue weighted by atomic mass is 35.5. The molecule has 13 heavy (non-hydrogen) atoms. The maximum Gasteiger partial charge on any atom is 0.301 e. The molecule has 0 bridgehead atoms. The van der Waals surface area contributed by atoms with Crippen LogP contribution < -0.4 is 5.32 Å². The number of nitrogens with one attached hydrogen (secondary N) is 1. The van der Waals surface area contributed by atoms with E-state index >= 15 is 0 Å². The van der Waals surface area contributed by atoms with Crippen LogP contribution in [0.1, 0.15) is 6.92 Å². The molecule has 0 unspecified atom stereocenters. The van der Waals surface area contributed by atoms with Crippen molar-refractivity contribution in [2.24, 2.45) is 0 Å². The molecule has 0 saturated heterocycles. The second-order valence-corrected chi connectivity index (χ2v) is 2.44. The van der Waals surface area contributed by atoms with E-state index < -0.39 is 5.91 Å². The van der Waals surface area contributed by atoms with Gasteiger partial charge in [-0.3, -0.25) is 15.1 Å². The van der Waals surface area contributed by atoms with E-state index in [1.54, 1.807) is 6.92 Å². The standard InChI is InChI=1S/C8H6ClN3O/c1-2-3-8(13)12-7-5-10-4-6(9)11-7/h4-5H,1H3,(H,11,12,13). The molecule has 1 heterocycles. The first kappa shape index (κ1) is 9.49. The zero-order valence-electron chi connectivity index (χ0n) is 6.84. The Morgan fingerprint density at radius 3 is 3.00 bits per heavy atom. The lowest BCUT2D eigenvalue weighted by atomic mass is 10.5. The molecule has 0 atom stereocenters. The monoisotopic (exact) mass is 195 g/mol. The van der Waals surface area contributed by atoms with Crippen molar-refractivity contribution >= 4 is 23.3 Å². The summed E-state index contributed by atoms with van der Waals surface area (Å²) in [6, 6.07) is 0. The quantitative estimate of drug-likeness (QED) is 0.683. The lowest BCUT2D eigenvalue weighted by Gasteiger charge is -1.97. The Balaban J connectivity index is 2.73. The van der Waals surface area contributed by atoms with Crippen LogP contribution in [-0.4, -0.2) is 15.9 Å². The maximum absolute atomic E-state index is 10.9. The minimum absolute atomic E-state index is 0.224. The normalized spacial score (nSPS) is 8.46. The number of anilines is 1. The van der Waals surface area contributed by atoms with Crippen LogP contribution >= 0.6 is 11.6 Å². The molecule has 1 aromatic rings. The largest absolute Gasteiger partial charge is 0.301 e. The van der Waals surface area contributed by atoms with Crippen LogP contribution in [0.25, 0.3) is 0 Å². The molecular weight excluding hydrogens is 190 g/mol. The van der Waals surface area contributed by atoms with Crippen LogP contribution in [0.15, 0.2) is 12.4 Å². The predicted molar refractivity (Wildman–Crippen MR) is 49.1 cm³/mol. The van der Waals surface area contributed by atoms with Crippen LogP contribution in [0, 0.1) is 11.8 Å². The van der Waals surface area contributed by atoms with Gasteiger partial charge in [-0.2, -0.15) is 0 Å². The van der Waals surface area contributed by atoms with Crippen LogP contribution in [0.2, 0.25) is 5.15 Å². The fourth-order valence-electron chi connectivity index (χ4n) is 0.664. The summed E-state index contributed by atoms with van der Waals surface area (Å²) in [6.07, 6.45) is 2.77. The van der Waals surface area contributed by atoms with Crippen molar-refractivity contribution in [3.05, 3.63) is 17.5 Å². The Labute approximate surface area is 80.3 Å². The fourth-order valence-corrected chi connectivity index (χ4v) is 0.811. The molecule has 66 valence electrons. The van der Waals surface area contributed by atoms with Gasteiger partial charge in [0.2, 0.25) is 0 Å². The van der Waals surface area contributed by atoms with Crippen molar-refractivity contribution in [1.29, 1.82) is 0 Å². The molecule has 0 fully saturated rings. The third-order valence-corrected chi connectivity index (χ3v) is 1.27. The maximum atomic E-state index is 10.9. The fraction of sp³-hybridized carbons (Fsp3) is 0.125. The number of aromatic nitrogens is 2. The van der Waals surface area contributed by atoms with Gasteiger partial charge in [-0.1, -0.05) is 17.5 Å². The van der Waals surface area contributed by atoms with E-state index in [-0.39, 0.29) is 5.15 Å². The summed E-state index contributed by atoms with van der Waals surface area (Å²) >= 11 is 5.54. The van der Waals surface area contributed by atoms with Crippen LogP contribution in [-0.2, 0) is 4.79 Å². The number of rotatable bonds is 1. The Kier molecular flexibility index (Phi) is 3.23. The molecule has 0 saturated carbocycles. The van der Waals surface area contributed by atoms with Gasteiger partial charge in [-0.05, 0) is 12.8 Å². The summed E-state index contributed by atoms with van der Waals surface area (Å²) in [4.78, 5) is 18.5. The molecular formula is C8H6ClN3O. The van der Waals surface area contributed by atoms with Gasteiger partial charge >= 0.3 is 5.91 Å². The highest BCUT2D eigenvalue weighted by Gasteiger charge is 1.99. The SMILES string of the molecule is CC#CC(=O)Nc1cncc(Cl)n1. The molecule has 0 aliphatic rings. The molecule has 1 aromatic heterocycles. The summed E-state index contributed by atoms with van der Waals surface area (Å²) in [5.74, 6) is 4.62. The van der Waals surface area contributed by atoms with E-state index in [0.29, 0.717) is 5.82 Å². The summed E-state index contributed by atoms with van der Waals surface area (Å²) in [7, 11) is 0. The van der Waals surface area contributed by atoms with Crippen molar-refractivity contribution in [1.82, 2.24) is 9.97 Å². The molecule has 4 nitrogen and oxygen atoms in total. The Bertz CT molecular complexity index is 380. The van der Waals surface area contributed by atoms with Crippen LogP contribution in [0.5, 0.6) is 0 Å². The molecule has 0 radical (unpaired) electrons. The summed E-state index contributed by atoms with van der Waals surface area (Å²) in [5, 5.41) is 2.64. The van der Waals surface area contributed by atoms with Gasteiger partial charge in [0, 0.05) is 0 Å². The first-order valence-corrected chi connectivity index (χ1v) is 3.81. The van der Waals surface area contributed by atoms with E-state index in [2.05, 4.69) is 27.1 Å². The van der Waals surface area contributed by atoms with Gasteiger partial charge in [-0.25, -0.2) is 4.98 Å². The minimum Gasteiger partial charge on any atom is -0.298 e. The number of amides is 1. The second kappa shape index (κ2) is 4.43. The van der Waals surface area contributed by atoms with Gasteiger partial charge < -0.3 is 0 Å². The zero-order chi connectivity index (χ0) is 9.68. The van der Waals surface area contributed by atoms with E-state index in [4.69, 9.17) is 11.6 Å².